The van der Waals surface area contributed by atoms with Crippen molar-refractivity contribution in [2.45, 2.75) is 19.0 Å². The van der Waals surface area contributed by atoms with Crippen LogP contribution in [0.25, 0.3) is 0 Å². The van der Waals surface area contributed by atoms with Gasteiger partial charge in [0.15, 0.2) is 0 Å². The van der Waals surface area contributed by atoms with Gasteiger partial charge in [0.25, 0.3) is 0 Å². The molecule has 0 saturated carbocycles. The normalized spacial score (nSPS) is 20.4. The summed E-state index contributed by atoms with van der Waals surface area (Å²) in [6.07, 6.45) is 0.0347. The number of aliphatic carboxylic acids is 1. The Morgan fingerprint density at radius 2 is 2.37 bits per heavy atom. The van der Waals surface area contributed by atoms with E-state index in [9.17, 15) is 9.18 Å². The van der Waals surface area contributed by atoms with E-state index in [-0.39, 0.29) is 18.3 Å². The van der Waals surface area contributed by atoms with Gasteiger partial charge in [0.05, 0.1) is 19.6 Å². The number of carbonyl (C=O) groups is 1. The Bertz CT molecular complexity index is 469. The molecule has 1 aliphatic heterocycles. The van der Waals surface area contributed by atoms with Crippen LogP contribution < -0.4 is 0 Å². The molecule has 0 amide bonds. The van der Waals surface area contributed by atoms with Crippen molar-refractivity contribution in [2.24, 2.45) is 0 Å². The van der Waals surface area contributed by atoms with E-state index < -0.39 is 5.97 Å². The van der Waals surface area contributed by atoms with E-state index in [0.29, 0.717) is 26.3 Å². The van der Waals surface area contributed by atoms with Crippen LogP contribution in [0.5, 0.6) is 0 Å². The van der Waals surface area contributed by atoms with Crippen LogP contribution in [0, 0.1) is 5.82 Å². The number of halogens is 2. The summed E-state index contributed by atoms with van der Waals surface area (Å²) in [7, 11) is 0. The molecule has 1 fully saturated rings. The first-order chi connectivity index (χ1) is 9.06. The predicted molar refractivity (Wildman–Crippen MR) is 71.4 cm³/mol. The van der Waals surface area contributed by atoms with Crippen LogP contribution in [0.3, 0.4) is 0 Å². The van der Waals surface area contributed by atoms with E-state index >= 15 is 0 Å². The molecule has 0 bridgehead atoms. The average molecular weight is 332 g/mol. The molecule has 1 heterocycles. The van der Waals surface area contributed by atoms with Crippen LogP contribution >= 0.6 is 15.9 Å². The number of rotatable bonds is 4. The van der Waals surface area contributed by atoms with Gasteiger partial charge in [0.2, 0.25) is 0 Å². The van der Waals surface area contributed by atoms with Crippen LogP contribution in [0.15, 0.2) is 22.7 Å². The topological polar surface area (TPSA) is 49.8 Å². The summed E-state index contributed by atoms with van der Waals surface area (Å²) in [4.78, 5) is 12.9. The fourth-order valence-corrected chi connectivity index (χ4v) is 2.54. The number of morpholine rings is 1. The maximum Gasteiger partial charge on any atom is 0.305 e. The van der Waals surface area contributed by atoms with Gasteiger partial charge in [-0.15, -0.1) is 0 Å². The highest BCUT2D eigenvalue weighted by Crippen LogP contribution is 2.22. The fraction of sp³-hybridized carbons (Fsp3) is 0.462. The second-order valence-corrected chi connectivity index (χ2v) is 5.39. The molecule has 19 heavy (non-hydrogen) atoms. The molecule has 4 nitrogen and oxygen atoms in total. The minimum absolute atomic E-state index is 0.0347. The van der Waals surface area contributed by atoms with E-state index in [2.05, 4.69) is 15.9 Å². The average Bonchev–Trinajstić information content (AvgIpc) is 2.35. The van der Waals surface area contributed by atoms with Crippen molar-refractivity contribution in [3.05, 3.63) is 34.1 Å². The number of carboxylic acids is 1. The minimum atomic E-state index is -0.848. The maximum atomic E-state index is 13.3. The quantitative estimate of drug-likeness (QED) is 0.919. The Kier molecular flexibility index (Phi) is 4.90. The number of benzene rings is 1. The first-order valence-corrected chi connectivity index (χ1v) is 6.83. The van der Waals surface area contributed by atoms with Crippen molar-refractivity contribution in [1.82, 2.24) is 4.90 Å². The molecular formula is C13H15BrFNO3. The standard InChI is InChI=1S/C13H15BrFNO3/c14-12-2-1-10(15)5-9(12)7-16-3-4-19-8-11(16)6-13(17)18/h1-2,5,11H,3-4,6-8H2,(H,17,18). The zero-order chi connectivity index (χ0) is 13.8. The molecule has 2 rings (SSSR count). The zero-order valence-corrected chi connectivity index (χ0v) is 11.9. The third-order valence-electron chi connectivity index (χ3n) is 3.14. The summed E-state index contributed by atoms with van der Waals surface area (Å²) in [6, 6.07) is 4.36. The maximum absolute atomic E-state index is 13.3. The van der Waals surface area contributed by atoms with E-state index in [1.165, 1.54) is 12.1 Å². The molecule has 1 N–H and O–H groups in total. The molecule has 104 valence electrons. The van der Waals surface area contributed by atoms with E-state index in [1.807, 2.05) is 4.90 Å². The predicted octanol–water partition coefficient (Wildman–Crippen LogP) is 2.26. The summed E-state index contributed by atoms with van der Waals surface area (Å²) in [5.41, 5.74) is 0.817. The smallest absolute Gasteiger partial charge is 0.305 e. The van der Waals surface area contributed by atoms with Crippen molar-refractivity contribution >= 4 is 21.9 Å². The molecule has 0 aromatic heterocycles. The van der Waals surface area contributed by atoms with E-state index in [1.54, 1.807) is 6.07 Å². The first-order valence-electron chi connectivity index (χ1n) is 6.04. The Morgan fingerprint density at radius 1 is 1.58 bits per heavy atom. The summed E-state index contributed by atoms with van der Waals surface area (Å²) >= 11 is 3.39. The van der Waals surface area contributed by atoms with Gasteiger partial charge in [-0.25, -0.2) is 4.39 Å². The van der Waals surface area contributed by atoms with Gasteiger partial charge in [-0.1, -0.05) is 15.9 Å². The lowest BCUT2D eigenvalue weighted by atomic mass is 10.1. The van der Waals surface area contributed by atoms with Gasteiger partial charge < -0.3 is 9.84 Å². The summed E-state index contributed by atoms with van der Waals surface area (Å²) in [5.74, 6) is -1.14. The second-order valence-electron chi connectivity index (χ2n) is 4.53. The van der Waals surface area contributed by atoms with Crippen molar-refractivity contribution < 1.29 is 19.0 Å². The summed E-state index contributed by atoms with van der Waals surface area (Å²) in [5, 5.41) is 8.90. The number of hydrogen-bond acceptors (Lipinski definition) is 3. The lowest BCUT2D eigenvalue weighted by Crippen LogP contribution is -2.45. The van der Waals surface area contributed by atoms with Gasteiger partial charge >= 0.3 is 5.97 Å². The van der Waals surface area contributed by atoms with Crippen LogP contribution in [0.2, 0.25) is 0 Å². The zero-order valence-electron chi connectivity index (χ0n) is 10.3. The third kappa shape index (κ3) is 3.99. The summed E-state index contributed by atoms with van der Waals surface area (Å²) < 4.78 is 19.4. The molecule has 6 heteroatoms. The number of ether oxygens (including phenoxy) is 1. The second kappa shape index (κ2) is 6.45. The summed E-state index contributed by atoms with van der Waals surface area (Å²) in [6.45, 7) is 2.14. The molecule has 1 aliphatic rings. The molecule has 0 spiro atoms. The highest BCUT2D eigenvalue weighted by atomic mass is 79.9. The van der Waals surface area contributed by atoms with Crippen molar-refractivity contribution in [2.75, 3.05) is 19.8 Å². The van der Waals surface area contributed by atoms with Crippen LogP contribution in [0.4, 0.5) is 4.39 Å². The van der Waals surface area contributed by atoms with Gasteiger partial charge in [0.1, 0.15) is 5.82 Å². The van der Waals surface area contributed by atoms with Crippen LogP contribution in [-0.4, -0.2) is 41.8 Å². The van der Waals surface area contributed by atoms with Crippen molar-refractivity contribution in [3.63, 3.8) is 0 Å². The Balaban J connectivity index is 2.10. The SMILES string of the molecule is O=C(O)CC1COCCN1Cc1cc(F)ccc1Br. The van der Waals surface area contributed by atoms with E-state index in [0.717, 1.165) is 10.0 Å². The Morgan fingerprint density at radius 3 is 3.11 bits per heavy atom. The largest absolute Gasteiger partial charge is 0.481 e. The molecule has 1 saturated heterocycles. The first kappa shape index (κ1) is 14.4. The minimum Gasteiger partial charge on any atom is -0.481 e. The van der Waals surface area contributed by atoms with Crippen molar-refractivity contribution in [3.8, 4) is 0 Å². The molecular weight excluding hydrogens is 317 g/mol. The van der Waals surface area contributed by atoms with Gasteiger partial charge in [-0.2, -0.15) is 0 Å². The van der Waals surface area contributed by atoms with Crippen molar-refractivity contribution in [1.29, 1.82) is 0 Å². The lowest BCUT2D eigenvalue weighted by molar-refractivity contribution is -0.140. The highest BCUT2D eigenvalue weighted by molar-refractivity contribution is 9.10. The number of carboxylic acid groups (broad SMARTS) is 1. The molecule has 1 aromatic carbocycles. The van der Waals surface area contributed by atoms with Crippen LogP contribution in [0.1, 0.15) is 12.0 Å². The van der Waals surface area contributed by atoms with Gasteiger partial charge in [-0.05, 0) is 23.8 Å². The number of nitrogens with zero attached hydrogens (tertiary/aromatic N) is 1. The van der Waals surface area contributed by atoms with Gasteiger partial charge in [0, 0.05) is 23.6 Å². The van der Waals surface area contributed by atoms with Gasteiger partial charge in [-0.3, -0.25) is 9.69 Å². The molecule has 1 unspecified atom stereocenters. The van der Waals surface area contributed by atoms with Crippen LogP contribution in [-0.2, 0) is 16.1 Å². The molecule has 0 radical (unpaired) electrons. The lowest BCUT2D eigenvalue weighted by Gasteiger charge is -2.35. The molecule has 0 aliphatic carbocycles. The fourth-order valence-electron chi connectivity index (χ4n) is 2.17. The number of hydrogen-bond donors (Lipinski definition) is 1. The molecule has 1 atom stereocenters. The Hall–Kier alpha value is -0.980. The monoisotopic (exact) mass is 331 g/mol. The molecule has 1 aromatic rings. The van der Waals surface area contributed by atoms with E-state index in [4.69, 9.17) is 9.84 Å². The third-order valence-corrected chi connectivity index (χ3v) is 3.91. The Labute approximate surface area is 119 Å². The highest BCUT2D eigenvalue weighted by Gasteiger charge is 2.25.